The molecule has 2 aromatic rings. The number of hydrogen-bond donors (Lipinski definition) is 2. The molecule has 0 bridgehead atoms. The predicted octanol–water partition coefficient (Wildman–Crippen LogP) is 2.72. The molecule has 142 valence electrons. The van der Waals surface area contributed by atoms with Crippen molar-refractivity contribution in [3.63, 3.8) is 0 Å². The normalized spacial score (nSPS) is 13.8. The molecule has 0 saturated heterocycles. The van der Waals surface area contributed by atoms with E-state index in [0.29, 0.717) is 6.42 Å². The average molecular weight is 364 g/mol. The Labute approximate surface area is 161 Å². The molecule has 2 aromatic carbocycles. The first kappa shape index (κ1) is 19.0. The minimum absolute atomic E-state index is 0.235. The zero-order chi connectivity index (χ0) is 18.9. The van der Waals surface area contributed by atoms with Gasteiger partial charge in [0.2, 0.25) is 5.91 Å². The van der Waals surface area contributed by atoms with Crippen LogP contribution in [0.25, 0.3) is 0 Å². The van der Waals surface area contributed by atoms with Gasteiger partial charge in [-0.25, -0.2) is 0 Å². The third kappa shape index (κ3) is 5.58. The molecule has 27 heavy (non-hydrogen) atoms. The lowest BCUT2D eigenvalue weighted by molar-refractivity contribution is -0.132. The minimum atomic E-state index is 0.235. The van der Waals surface area contributed by atoms with Gasteiger partial charge in [-0.2, -0.15) is 0 Å². The number of guanidine groups is 1. The lowest BCUT2D eigenvalue weighted by Gasteiger charge is -2.29. The zero-order valence-corrected chi connectivity index (χ0v) is 15.9. The molecule has 3 rings (SSSR count). The number of fused-ring (bicyclic) bond motifs is 1. The molecule has 0 fully saturated rings. The summed E-state index contributed by atoms with van der Waals surface area (Å²) in [5.41, 5.74) is 3.86. The fourth-order valence-electron chi connectivity index (χ4n) is 3.32. The Morgan fingerprint density at radius 2 is 1.78 bits per heavy atom. The number of amides is 1. The SMILES string of the molecule is CN=C(NCCCC(=O)N1CCc2ccccc2C1)NCc1ccccc1. The van der Waals surface area contributed by atoms with E-state index < -0.39 is 0 Å². The van der Waals surface area contributed by atoms with Crippen molar-refractivity contribution < 1.29 is 4.79 Å². The highest BCUT2D eigenvalue weighted by Gasteiger charge is 2.19. The van der Waals surface area contributed by atoms with Gasteiger partial charge in [0, 0.05) is 39.6 Å². The number of rotatable bonds is 6. The van der Waals surface area contributed by atoms with Crippen LogP contribution in [0.1, 0.15) is 29.5 Å². The maximum absolute atomic E-state index is 12.5. The van der Waals surface area contributed by atoms with Crippen molar-refractivity contribution in [2.45, 2.75) is 32.4 Å². The van der Waals surface area contributed by atoms with Gasteiger partial charge < -0.3 is 15.5 Å². The number of carbonyl (C=O) groups excluding carboxylic acids is 1. The van der Waals surface area contributed by atoms with Crippen LogP contribution in [0, 0.1) is 0 Å². The van der Waals surface area contributed by atoms with Crippen molar-refractivity contribution in [1.29, 1.82) is 0 Å². The highest BCUT2D eigenvalue weighted by Crippen LogP contribution is 2.19. The molecule has 0 spiro atoms. The fraction of sp³-hybridized carbons (Fsp3) is 0.364. The Morgan fingerprint density at radius 1 is 1.04 bits per heavy atom. The van der Waals surface area contributed by atoms with Gasteiger partial charge in [0.1, 0.15) is 0 Å². The number of benzene rings is 2. The first-order chi connectivity index (χ1) is 13.3. The highest BCUT2D eigenvalue weighted by molar-refractivity contribution is 5.80. The molecule has 1 aliphatic rings. The molecule has 0 aromatic heterocycles. The number of aliphatic imine (C=N–C) groups is 1. The van der Waals surface area contributed by atoms with Crippen LogP contribution in [0.3, 0.4) is 0 Å². The molecular weight excluding hydrogens is 336 g/mol. The number of hydrogen-bond acceptors (Lipinski definition) is 2. The summed E-state index contributed by atoms with van der Waals surface area (Å²) in [5.74, 6) is 0.997. The molecule has 1 amide bonds. The molecule has 5 heteroatoms. The predicted molar refractivity (Wildman–Crippen MR) is 109 cm³/mol. The Bertz CT molecular complexity index is 773. The first-order valence-electron chi connectivity index (χ1n) is 9.59. The van der Waals surface area contributed by atoms with E-state index in [4.69, 9.17) is 0 Å². The maximum atomic E-state index is 12.5. The lowest BCUT2D eigenvalue weighted by Crippen LogP contribution is -2.38. The molecule has 0 aliphatic carbocycles. The Morgan fingerprint density at radius 3 is 2.56 bits per heavy atom. The van der Waals surface area contributed by atoms with Gasteiger partial charge in [-0.3, -0.25) is 9.79 Å². The Hall–Kier alpha value is -2.82. The van der Waals surface area contributed by atoms with E-state index in [1.807, 2.05) is 29.2 Å². The fourth-order valence-corrected chi connectivity index (χ4v) is 3.32. The van der Waals surface area contributed by atoms with Crippen LogP contribution in [-0.4, -0.2) is 36.9 Å². The molecule has 1 heterocycles. The van der Waals surface area contributed by atoms with E-state index in [9.17, 15) is 4.79 Å². The van der Waals surface area contributed by atoms with Crippen LogP contribution in [0.5, 0.6) is 0 Å². The third-order valence-corrected chi connectivity index (χ3v) is 4.87. The van der Waals surface area contributed by atoms with Crippen LogP contribution in [0.15, 0.2) is 59.6 Å². The van der Waals surface area contributed by atoms with Gasteiger partial charge in [0.05, 0.1) is 0 Å². The quantitative estimate of drug-likeness (QED) is 0.471. The van der Waals surface area contributed by atoms with E-state index in [2.05, 4.69) is 46.0 Å². The lowest BCUT2D eigenvalue weighted by atomic mass is 9.99. The summed E-state index contributed by atoms with van der Waals surface area (Å²) < 4.78 is 0. The summed E-state index contributed by atoms with van der Waals surface area (Å²) in [6.07, 6.45) is 2.31. The van der Waals surface area contributed by atoms with Gasteiger partial charge >= 0.3 is 0 Å². The second-order valence-corrected chi connectivity index (χ2v) is 6.78. The summed E-state index contributed by atoms with van der Waals surface area (Å²) >= 11 is 0. The molecule has 5 nitrogen and oxygen atoms in total. The van der Waals surface area contributed by atoms with Gasteiger partial charge in [-0.15, -0.1) is 0 Å². The van der Waals surface area contributed by atoms with Crippen molar-refractivity contribution >= 4 is 11.9 Å². The Balaban J connectivity index is 1.36. The number of nitrogens with one attached hydrogen (secondary N) is 2. The summed E-state index contributed by atoms with van der Waals surface area (Å²) in [7, 11) is 1.76. The van der Waals surface area contributed by atoms with Crippen LogP contribution in [0.2, 0.25) is 0 Å². The van der Waals surface area contributed by atoms with Crippen LogP contribution in [0.4, 0.5) is 0 Å². The molecule has 2 N–H and O–H groups in total. The van der Waals surface area contributed by atoms with E-state index >= 15 is 0 Å². The molecule has 0 radical (unpaired) electrons. The largest absolute Gasteiger partial charge is 0.356 e. The second kappa shape index (κ2) is 9.76. The van der Waals surface area contributed by atoms with Crippen LogP contribution < -0.4 is 10.6 Å². The van der Waals surface area contributed by atoms with Crippen molar-refractivity contribution in [3.8, 4) is 0 Å². The zero-order valence-electron chi connectivity index (χ0n) is 15.9. The third-order valence-electron chi connectivity index (χ3n) is 4.87. The van der Waals surface area contributed by atoms with Gasteiger partial charge in [-0.1, -0.05) is 54.6 Å². The van der Waals surface area contributed by atoms with E-state index in [1.165, 1.54) is 16.7 Å². The van der Waals surface area contributed by atoms with Crippen molar-refractivity contribution in [2.24, 2.45) is 4.99 Å². The molecular formula is C22H28N4O. The van der Waals surface area contributed by atoms with Crippen LogP contribution in [-0.2, 0) is 24.3 Å². The minimum Gasteiger partial charge on any atom is -0.356 e. The van der Waals surface area contributed by atoms with Crippen molar-refractivity contribution in [2.75, 3.05) is 20.1 Å². The number of carbonyl (C=O) groups is 1. The molecule has 0 atom stereocenters. The maximum Gasteiger partial charge on any atom is 0.222 e. The summed E-state index contributed by atoms with van der Waals surface area (Å²) in [6.45, 7) is 3.02. The van der Waals surface area contributed by atoms with Gasteiger partial charge in [0.15, 0.2) is 5.96 Å². The molecule has 0 unspecified atom stereocenters. The average Bonchev–Trinajstić information content (AvgIpc) is 2.73. The Kier molecular flexibility index (Phi) is 6.85. The van der Waals surface area contributed by atoms with Crippen molar-refractivity contribution in [1.82, 2.24) is 15.5 Å². The molecule has 0 saturated carbocycles. The smallest absolute Gasteiger partial charge is 0.222 e. The van der Waals surface area contributed by atoms with Gasteiger partial charge in [0.25, 0.3) is 0 Å². The van der Waals surface area contributed by atoms with Gasteiger partial charge in [-0.05, 0) is 29.5 Å². The standard InChI is InChI=1S/C22H28N4O/c1-23-22(25-16-18-8-3-2-4-9-18)24-14-7-12-21(27)26-15-13-19-10-5-6-11-20(19)17-26/h2-6,8-11H,7,12-17H2,1H3,(H2,23,24,25). The second-order valence-electron chi connectivity index (χ2n) is 6.78. The number of nitrogens with zero attached hydrogens (tertiary/aromatic N) is 2. The summed E-state index contributed by atoms with van der Waals surface area (Å²) in [5, 5.41) is 6.57. The van der Waals surface area contributed by atoms with Crippen molar-refractivity contribution in [3.05, 3.63) is 71.3 Å². The highest BCUT2D eigenvalue weighted by atomic mass is 16.2. The van der Waals surface area contributed by atoms with E-state index in [0.717, 1.165) is 45.0 Å². The summed E-state index contributed by atoms with van der Waals surface area (Å²) in [4.78, 5) is 18.7. The van der Waals surface area contributed by atoms with E-state index in [1.54, 1.807) is 7.05 Å². The van der Waals surface area contributed by atoms with Crippen LogP contribution >= 0.6 is 0 Å². The topological polar surface area (TPSA) is 56.7 Å². The first-order valence-corrected chi connectivity index (χ1v) is 9.59. The monoisotopic (exact) mass is 364 g/mol. The molecule has 1 aliphatic heterocycles. The summed E-state index contributed by atoms with van der Waals surface area (Å²) in [6, 6.07) is 18.6. The van der Waals surface area contributed by atoms with E-state index in [-0.39, 0.29) is 5.91 Å².